The van der Waals surface area contributed by atoms with Gasteiger partial charge in [0.05, 0.1) is 11.7 Å². The van der Waals surface area contributed by atoms with Gasteiger partial charge < -0.3 is 9.84 Å². The molecule has 1 saturated heterocycles. The quantitative estimate of drug-likeness (QED) is 0.779. The summed E-state index contributed by atoms with van der Waals surface area (Å²) >= 11 is 0. The second kappa shape index (κ2) is 4.84. The van der Waals surface area contributed by atoms with Gasteiger partial charge in [0.15, 0.2) is 0 Å². The lowest BCUT2D eigenvalue weighted by atomic mass is 9.81. The highest BCUT2D eigenvalue weighted by atomic mass is 16.5. The molecule has 1 N–H and O–H groups in total. The number of aliphatic hydroxyl groups is 1. The third kappa shape index (κ3) is 2.73. The summed E-state index contributed by atoms with van der Waals surface area (Å²) in [6.45, 7) is 2.98. The summed E-state index contributed by atoms with van der Waals surface area (Å²) in [5, 5.41) is 9.70. The summed E-state index contributed by atoms with van der Waals surface area (Å²) in [6, 6.07) is 0. The van der Waals surface area contributed by atoms with Gasteiger partial charge in [0.1, 0.15) is 0 Å². The van der Waals surface area contributed by atoms with Crippen LogP contribution in [0.15, 0.2) is 0 Å². The standard InChI is InChI=1S/C13H24O2/c1-2-12(14)9-11-5-8-15-13(10-11)6-3-4-7-13/h11-12,14H,2-10H2,1H3. The Morgan fingerprint density at radius 2 is 2.13 bits per heavy atom. The number of aliphatic hydroxyl groups excluding tert-OH is 1. The molecule has 1 aliphatic heterocycles. The zero-order chi connectivity index (χ0) is 10.7. The lowest BCUT2D eigenvalue weighted by molar-refractivity contribution is -0.0980. The number of ether oxygens (including phenoxy) is 1. The van der Waals surface area contributed by atoms with E-state index in [1.54, 1.807) is 0 Å². The van der Waals surface area contributed by atoms with Crippen molar-refractivity contribution in [3.8, 4) is 0 Å². The van der Waals surface area contributed by atoms with Crippen LogP contribution in [0.2, 0.25) is 0 Å². The first-order chi connectivity index (χ1) is 7.24. The van der Waals surface area contributed by atoms with E-state index >= 15 is 0 Å². The van der Waals surface area contributed by atoms with Gasteiger partial charge in [-0.3, -0.25) is 0 Å². The third-order valence-corrected chi connectivity index (χ3v) is 4.19. The Morgan fingerprint density at radius 3 is 2.80 bits per heavy atom. The zero-order valence-electron chi connectivity index (χ0n) is 9.87. The minimum Gasteiger partial charge on any atom is -0.393 e. The molecule has 2 heteroatoms. The largest absolute Gasteiger partial charge is 0.393 e. The molecule has 0 aromatic rings. The molecule has 0 aromatic heterocycles. The fourth-order valence-electron chi connectivity index (χ4n) is 3.25. The van der Waals surface area contributed by atoms with E-state index in [0.29, 0.717) is 5.92 Å². The van der Waals surface area contributed by atoms with Gasteiger partial charge in [0.25, 0.3) is 0 Å². The second-order valence-corrected chi connectivity index (χ2v) is 5.40. The van der Waals surface area contributed by atoms with Crippen LogP contribution >= 0.6 is 0 Å². The van der Waals surface area contributed by atoms with Crippen LogP contribution in [-0.4, -0.2) is 23.4 Å². The van der Waals surface area contributed by atoms with Gasteiger partial charge in [-0.15, -0.1) is 0 Å². The molecule has 0 bridgehead atoms. The van der Waals surface area contributed by atoms with Gasteiger partial charge in [-0.05, 0) is 44.4 Å². The molecule has 1 saturated carbocycles. The molecule has 2 rings (SSSR count). The lowest BCUT2D eigenvalue weighted by Gasteiger charge is -2.39. The van der Waals surface area contributed by atoms with Crippen molar-refractivity contribution in [1.29, 1.82) is 0 Å². The molecule has 88 valence electrons. The van der Waals surface area contributed by atoms with Crippen LogP contribution in [0.25, 0.3) is 0 Å². The summed E-state index contributed by atoms with van der Waals surface area (Å²) in [4.78, 5) is 0. The molecule has 2 unspecified atom stereocenters. The predicted octanol–water partition coefficient (Wildman–Crippen LogP) is 2.89. The van der Waals surface area contributed by atoms with E-state index in [2.05, 4.69) is 6.92 Å². The van der Waals surface area contributed by atoms with Gasteiger partial charge in [-0.2, -0.15) is 0 Å². The highest BCUT2D eigenvalue weighted by Crippen LogP contribution is 2.43. The van der Waals surface area contributed by atoms with Crippen LogP contribution < -0.4 is 0 Å². The molecule has 2 nitrogen and oxygen atoms in total. The van der Waals surface area contributed by atoms with Gasteiger partial charge in [-0.1, -0.05) is 19.8 Å². The highest BCUT2D eigenvalue weighted by Gasteiger charge is 2.39. The number of rotatable bonds is 3. The van der Waals surface area contributed by atoms with Crippen molar-refractivity contribution in [3.05, 3.63) is 0 Å². The van der Waals surface area contributed by atoms with E-state index in [-0.39, 0.29) is 11.7 Å². The van der Waals surface area contributed by atoms with E-state index < -0.39 is 0 Å². The molecular formula is C13H24O2. The molecule has 0 radical (unpaired) electrons. The lowest BCUT2D eigenvalue weighted by Crippen LogP contribution is -2.38. The van der Waals surface area contributed by atoms with Crippen molar-refractivity contribution in [2.45, 2.75) is 70.0 Å². The van der Waals surface area contributed by atoms with Crippen molar-refractivity contribution in [1.82, 2.24) is 0 Å². The van der Waals surface area contributed by atoms with Crippen LogP contribution in [0.4, 0.5) is 0 Å². The van der Waals surface area contributed by atoms with Crippen LogP contribution in [0, 0.1) is 5.92 Å². The van der Waals surface area contributed by atoms with Crippen molar-refractivity contribution in [2.75, 3.05) is 6.61 Å². The zero-order valence-corrected chi connectivity index (χ0v) is 9.87. The predicted molar refractivity (Wildman–Crippen MR) is 60.8 cm³/mol. The Labute approximate surface area is 93.0 Å². The average Bonchev–Trinajstić information content (AvgIpc) is 2.66. The first-order valence-corrected chi connectivity index (χ1v) is 6.56. The average molecular weight is 212 g/mol. The Balaban J connectivity index is 1.86. The monoisotopic (exact) mass is 212 g/mol. The molecule has 2 atom stereocenters. The highest BCUT2D eigenvalue weighted by molar-refractivity contribution is 4.91. The molecular weight excluding hydrogens is 188 g/mol. The fourth-order valence-corrected chi connectivity index (χ4v) is 3.25. The molecule has 15 heavy (non-hydrogen) atoms. The Bertz CT molecular complexity index is 197. The summed E-state index contributed by atoms with van der Waals surface area (Å²) < 4.78 is 5.99. The topological polar surface area (TPSA) is 29.5 Å². The van der Waals surface area contributed by atoms with Crippen molar-refractivity contribution < 1.29 is 9.84 Å². The Hall–Kier alpha value is -0.0800. The molecule has 2 aliphatic rings. The second-order valence-electron chi connectivity index (χ2n) is 5.40. The maximum Gasteiger partial charge on any atom is 0.0685 e. The molecule has 0 amide bonds. The maximum absolute atomic E-state index is 9.70. The minimum atomic E-state index is -0.0912. The Morgan fingerprint density at radius 1 is 1.40 bits per heavy atom. The van der Waals surface area contributed by atoms with Crippen LogP contribution in [0.3, 0.4) is 0 Å². The summed E-state index contributed by atoms with van der Waals surface area (Å²) in [5.74, 6) is 0.701. The normalized spacial score (nSPS) is 32.0. The number of hydrogen-bond donors (Lipinski definition) is 1. The third-order valence-electron chi connectivity index (χ3n) is 4.19. The molecule has 0 aromatic carbocycles. The van der Waals surface area contributed by atoms with Crippen molar-refractivity contribution >= 4 is 0 Å². The Kier molecular flexibility index (Phi) is 3.68. The van der Waals surface area contributed by atoms with E-state index in [1.165, 1.54) is 32.1 Å². The molecule has 1 spiro atoms. The van der Waals surface area contributed by atoms with Crippen LogP contribution in [-0.2, 0) is 4.74 Å². The van der Waals surface area contributed by atoms with E-state index in [4.69, 9.17) is 4.74 Å². The summed E-state index contributed by atoms with van der Waals surface area (Å²) in [6.07, 6.45) is 9.32. The number of hydrogen-bond acceptors (Lipinski definition) is 2. The first kappa shape index (κ1) is 11.4. The minimum absolute atomic E-state index is 0.0912. The van der Waals surface area contributed by atoms with E-state index in [1.807, 2.05) is 0 Å². The van der Waals surface area contributed by atoms with Gasteiger partial charge >= 0.3 is 0 Å². The van der Waals surface area contributed by atoms with Crippen LogP contribution in [0.1, 0.15) is 58.3 Å². The van der Waals surface area contributed by atoms with Crippen molar-refractivity contribution in [2.24, 2.45) is 5.92 Å². The van der Waals surface area contributed by atoms with Crippen molar-refractivity contribution in [3.63, 3.8) is 0 Å². The summed E-state index contributed by atoms with van der Waals surface area (Å²) in [7, 11) is 0. The fraction of sp³-hybridized carbons (Fsp3) is 1.00. The van der Waals surface area contributed by atoms with E-state index in [9.17, 15) is 5.11 Å². The first-order valence-electron chi connectivity index (χ1n) is 6.56. The van der Waals surface area contributed by atoms with Gasteiger partial charge in [0, 0.05) is 6.61 Å². The van der Waals surface area contributed by atoms with E-state index in [0.717, 1.165) is 25.9 Å². The molecule has 1 aliphatic carbocycles. The maximum atomic E-state index is 9.70. The summed E-state index contributed by atoms with van der Waals surface area (Å²) in [5.41, 5.74) is 0.219. The van der Waals surface area contributed by atoms with Gasteiger partial charge in [-0.25, -0.2) is 0 Å². The van der Waals surface area contributed by atoms with Crippen LogP contribution in [0.5, 0.6) is 0 Å². The van der Waals surface area contributed by atoms with Gasteiger partial charge in [0.2, 0.25) is 0 Å². The molecule has 2 fully saturated rings. The SMILES string of the molecule is CCC(O)CC1CCOC2(CCCC2)C1. The smallest absolute Gasteiger partial charge is 0.0685 e. The molecule has 1 heterocycles.